The molecule has 3 N–H and O–H groups in total. The second-order valence-electron chi connectivity index (χ2n) is 10.6. The second kappa shape index (κ2) is 12.6. The van der Waals surface area contributed by atoms with Crippen LogP contribution in [0.2, 0.25) is 0 Å². The molecule has 8 heteroatoms. The molecule has 0 unspecified atom stereocenters. The van der Waals surface area contributed by atoms with Crippen LogP contribution in [0.25, 0.3) is 0 Å². The van der Waals surface area contributed by atoms with Gasteiger partial charge in [-0.1, -0.05) is 65.5 Å². The molecule has 0 saturated heterocycles. The molecular weight excluding hydrogens is 652 g/mol. The minimum Gasteiger partial charge on any atom is -0.506 e. The van der Waals surface area contributed by atoms with E-state index in [0.717, 1.165) is 47.9 Å². The van der Waals surface area contributed by atoms with Crippen LogP contribution in [0, 0.1) is 0 Å². The van der Waals surface area contributed by atoms with Gasteiger partial charge in [0.1, 0.15) is 11.5 Å². The fraction of sp³-hybridized carbons (Fsp3) is 0.394. The second-order valence-corrected chi connectivity index (χ2v) is 12.2. The lowest BCUT2D eigenvalue weighted by Crippen LogP contribution is -2.34. The van der Waals surface area contributed by atoms with E-state index in [1.165, 1.54) is 18.2 Å². The molecule has 0 bridgehead atoms. The maximum Gasteiger partial charge on any atom is 0.340 e. The number of fused-ring (bicyclic) bond motifs is 1. The number of phenolic OH excluding ortho intramolecular Hbond substituents is 2. The average Bonchev–Trinajstić information content (AvgIpc) is 3.22. The van der Waals surface area contributed by atoms with Gasteiger partial charge in [-0.05, 0) is 98.0 Å². The van der Waals surface area contributed by atoms with Gasteiger partial charge in [0, 0.05) is 16.7 Å². The lowest BCUT2D eigenvalue weighted by Gasteiger charge is -2.36. The van der Waals surface area contributed by atoms with Gasteiger partial charge < -0.3 is 20.1 Å². The summed E-state index contributed by atoms with van der Waals surface area (Å²) in [5, 5.41) is 32.8. The van der Waals surface area contributed by atoms with Crippen molar-refractivity contribution in [3.63, 3.8) is 0 Å². The molecule has 0 atom stereocenters. The molecule has 0 aliphatic carbocycles. The highest BCUT2D eigenvalue weighted by atomic mass is 79.9. The number of carboxylic acids is 1. The van der Waals surface area contributed by atoms with Crippen LogP contribution in [-0.4, -0.2) is 27.3 Å². The van der Waals surface area contributed by atoms with Crippen LogP contribution in [0.5, 0.6) is 11.5 Å². The third-order valence-corrected chi connectivity index (χ3v) is 9.24. The molecule has 1 aliphatic rings. The Morgan fingerprint density at radius 2 is 1.20 bits per heavy atom. The van der Waals surface area contributed by atoms with E-state index in [2.05, 4.69) is 45.7 Å². The van der Waals surface area contributed by atoms with Crippen LogP contribution < -0.4 is 0 Å². The number of aromatic carboxylic acids is 1. The van der Waals surface area contributed by atoms with Gasteiger partial charge in [0.25, 0.3) is 0 Å². The summed E-state index contributed by atoms with van der Waals surface area (Å²) in [5.41, 5.74) is 3.33. The molecule has 4 rings (SSSR count). The van der Waals surface area contributed by atoms with Crippen molar-refractivity contribution in [2.75, 3.05) is 0 Å². The number of carboxylic acid groups (broad SMARTS) is 1. The molecular formula is C33H36Br2O6. The fourth-order valence-electron chi connectivity index (χ4n) is 6.01. The lowest BCUT2D eigenvalue weighted by atomic mass is 9.73. The van der Waals surface area contributed by atoms with Crippen LogP contribution in [0.4, 0.5) is 0 Å². The standard InChI is InChI=1S/C33H36Br2O6/c1-5-9-18-15-20(11-7-3)29(36)27(34)25(18)33(24-17-22(31(38)39)13-14-23(24)32(40)41-33)26-19(10-6-2)16-21(12-8-4)30(37)28(26)35/h13-17,36-37H,5-12H2,1-4H3,(H,38,39). The molecule has 0 radical (unpaired) electrons. The zero-order valence-corrected chi connectivity index (χ0v) is 27.0. The van der Waals surface area contributed by atoms with E-state index in [1.54, 1.807) is 0 Å². The third kappa shape index (κ3) is 5.29. The number of ether oxygens (including phenoxy) is 1. The Balaban J connectivity index is 2.27. The number of esters is 1. The van der Waals surface area contributed by atoms with Crippen molar-refractivity contribution >= 4 is 43.8 Å². The molecule has 0 aromatic heterocycles. The van der Waals surface area contributed by atoms with Gasteiger partial charge in [0.2, 0.25) is 0 Å². The SMILES string of the molecule is CCCc1cc(CCC)c(C2(c3c(CCC)cc(CCC)c(O)c3Br)OC(=O)c3ccc(C(=O)O)cc32)c(Br)c1O. The molecule has 6 nitrogen and oxygen atoms in total. The number of carbonyl (C=O) groups is 2. The number of benzene rings is 3. The van der Waals surface area contributed by atoms with E-state index in [1.807, 2.05) is 26.0 Å². The zero-order valence-electron chi connectivity index (χ0n) is 23.9. The van der Waals surface area contributed by atoms with Gasteiger partial charge in [-0.15, -0.1) is 0 Å². The Bertz CT molecular complexity index is 1440. The number of rotatable bonds is 11. The van der Waals surface area contributed by atoms with Crippen LogP contribution in [-0.2, 0) is 36.0 Å². The van der Waals surface area contributed by atoms with E-state index >= 15 is 0 Å². The third-order valence-electron chi connectivity index (χ3n) is 7.70. The summed E-state index contributed by atoms with van der Waals surface area (Å²) in [6, 6.07) is 8.30. The van der Waals surface area contributed by atoms with Crippen molar-refractivity contribution in [3.8, 4) is 11.5 Å². The van der Waals surface area contributed by atoms with E-state index in [9.17, 15) is 24.9 Å². The predicted octanol–water partition coefficient (Wildman–Crippen LogP) is 8.59. The first-order valence-corrected chi connectivity index (χ1v) is 15.8. The summed E-state index contributed by atoms with van der Waals surface area (Å²) in [4.78, 5) is 25.8. The van der Waals surface area contributed by atoms with E-state index < -0.39 is 17.5 Å². The average molecular weight is 688 g/mol. The first-order valence-electron chi connectivity index (χ1n) is 14.3. The zero-order chi connectivity index (χ0) is 30.1. The van der Waals surface area contributed by atoms with E-state index in [0.29, 0.717) is 51.3 Å². The number of hydrogen-bond donors (Lipinski definition) is 3. The van der Waals surface area contributed by atoms with Crippen molar-refractivity contribution in [2.24, 2.45) is 0 Å². The number of hydrogen-bond acceptors (Lipinski definition) is 5. The van der Waals surface area contributed by atoms with E-state index in [4.69, 9.17) is 4.74 Å². The van der Waals surface area contributed by atoms with Crippen molar-refractivity contribution in [2.45, 2.75) is 84.7 Å². The van der Waals surface area contributed by atoms with Gasteiger partial charge in [-0.25, -0.2) is 9.59 Å². The molecule has 0 amide bonds. The fourth-order valence-corrected chi connectivity index (χ4v) is 7.59. The highest BCUT2D eigenvalue weighted by Crippen LogP contribution is 2.57. The molecule has 0 saturated carbocycles. The quantitative estimate of drug-likeness (QED) is 0.175. The molecule has 1 aliphatic heterocycles. The maximum atomic E-state index is 13.7. The number of carbonyl (C=O) groups excluding carboxylic acids is 1. The minimum absolute atomic E-state index is 0.00593. The predicted molar refractivity (Wildman–Crippen MR) is 166 cm³/mol. The van der Waals surface area contributed by atoms with Crippen LogP contribution >= 0.6 is 31.9 Å². The molecule has 3 aromatic rings. The normalized spacial score (nSPS) is 13.8. The lowest BCUT2D eigenvalue weighted by molar-refractivity contribution is 0.0240. The van der Waals surface area contributed by atoms with Crippen molar-refractivity contribution in [1.29, 1.82) is 0 Å². The largest absolute Gasteiger partial charge is 0.506 e. The molecule has 3 aromatic carbocycles. The number of cyclic esters (lactones) is 1. The smallest absolute Gasteiger partial charge is 0.340 e. The topological polar surface area (TPSA) is 104 Å². The van der Waals surface area contributed by atoms with E-state index in [-0.39, 0.29) is 22.6 Å². The minimum atomic E-state index is -1.64. The molecule has 41 heavy (non-hydrogen) atoms. The summed E-state index contributed by atoms with van der Waals surface area (Å²) in [6.45, 7) is 8.19. The summed E-state index contributed by atoms with van der Waals surface area (Å²) in [7, 11) is 0. The summed E-state index contributed by atoms with van der Waals surface area (Å²) in [5.74, 6) is -1.63. The van der Waals surface area contributed by atoms with Crippen molar-refractivity contribution in [1.82, 2.24) is 0 Å². The first kappa shape index (κ1) is 31.1. The maximum absolute atomic E-state index is 13.7. The van der Waals surface area contributed by atoms with Crippen molar-refractivity contribution < 1.29 is 29.6 Å². The Kier molecular flexibility index (Phi) is 9.54. The monoisotopic (exact) mass is 686 g/mol. The highest BCUT2D eigenvalue weighted by molar-refractivity contribution is 9.11. The van der Waals surface area contributed by atoms with Crippen LogP contribution in [0.15, 0.2) is 39.3 Å². The number of phenols is 2. The van der Waals surface area contributed by atoms with Gasteiger partial charge in [0.05, 0.1) is 20.1 Å². The van der Waals surface area contributed by atoms with Crippen LogP contribution in [0.3, 0.4) is 0 Å². The van der Waals surface area contributed by atoms with Crippen molar-refractivity contribution in [3.05, 3.63) is 89.3 Å². The van der Waals surface area contributed by atoms with Crippen LogP contribution in [0.1, 0.15) is 113 Å². The van der Waals surface area contributed by atoms with Gasteiger partial charge in [-0.2, -0.15) is 0 Å². The first-order chi connectivity index (χ1) is 19.6. The Hall–Kier alpha value is -2.84. The van der Waals surface area contributed by atoms with Gasteiger partial charge >= 0.3 is 11.9 Å². The Morgan fingerprint density at radius 3 is 1.61 bits per heavy atom. The number of aromatic hydroxyl groups is 2. The summed E-state index contributed by atoms with van der Waals surface area (Å²) in [6.07, 6.45) is 5.79. The molecule has 1 heterocycles. The Labute approximate surface area is 258 Å². The number of halogens is 2. The Morgan fingerprint density at radius 1 is 0.756 bits per heavy atom. The number of aryl methyl sites for hydroxylation is 4. The van der Waals surface area contributed by atoms with Gasteiger partial charge in [-0.3, -0.25) is 0 Å². The molecule has 218 valence electrons. The summed E-state index contributed by atoms with van der Waals surface area (Å²) >= 11 is 7.39. The van der Waals surface area contributed by atoms with Gasteiger partial charge in [0.15, 0.2) is 5.60 Å². The molecule has 0 spiro atoms. The molecule has 0 fully saturated rings. The highest BCUT2D eigenvalue weighted by Gasteiger charge is 2.53. The summed E-state index contributed by atoms with van der Waals surface area (Å²) < 4.78 is 7.23.